The second-order valence-corrected chi connectivity index (χ2v) is 7.02. The highest BCUT2D eigenvalue weighted by molar-refractivity contribution is 5.99. The molecule has 0 radical (unpaired) electrons. The van der Waals surface area contributed by atoms with Gasteiger partial charge in [0.05, 0.1) is 13.0 Å². The molecule has 0 aliphatic rings. The van der Waals surface area contributed by atoms with Crippen LogP contribution in [0.3, 0.4) is 0 Å². The molecule has 8 nitrogen and oxygen atoms in total. The number of benzene rings is 1. The molecule has 0 aliphatic carbocycles. The predicted octanol–water partition coefficient (Wildman–Crippen LogP) is 3.54. The van der Waals surface area contributed by atoms with Gasteiger partial charge < -0.3 is 18.9 Å². The van der Waals surface area contributed by atoms with Gasteiger partial charge in [0.1, 0.15) is 12.2 Å². The van der Waals surface area contributed by atoms with Crippen LogP contribution in [0.15, 0.2) is 42.6 Å². The Morgan fingerprint density at radius 1 is 1.03 bits per heavy atom. The second-order valence-electron chi connectivity index (χ2n) is 7.02. The van der Waals surface area contributed by atoms with E-state index in [-0.39, 0.29) is 23.6 Å². The highest BCUT2D eigenvalue weighted by Crippen LogP contribution is 2.31. The number of ketones is 1. The van der Waals surface area contributed by atoms with Crippen molar-refractivity contribution in [3.8, 4) is 11.5 Å². The first-order valence-electron chi connectivity index (χ1n) is 9.81. The van der Waals surface area contributed by atoms with E-state index in [2.05, 4.69) is 4.98 Å². The summed E-state index contributed by atoms with van der Waals surface area (Å²) in [5.74, 6) is -2.26. The Balaban J connectivity index is 2.09. The lowest BCUT2D eigenvalue weighted by Crippen LogP contribution is -2.28. The smallest absolute Gasteiger partial charge is 0.309 e. The van der Waals surface area contributed by atoms with Crippen molar-refractivity contribution in [3.63, 3.8) is 0 Å². The van der Waals surface area contributed by atoms with Crippen molar-refractivity contribution in [1.29, 1.82) is 0 Å². The molecular formula is C23H27NO7. The number of rotatable bonds is 10. The van der Waals surface area contributed by atoms with Crippen molar-refractivity contribution in [2.75, 3.05) is 14.2 Å². The number of methoxy groups -OCH3 is 2. The Kier molecular flexibility index (Phi) is 8.69. The van der Waals surface area contributed by atoms with Crippen molar-refractivity contribution in [2.45, 2.75) is 39.4 Å². The topological polar surface area (TPSA) is 101 Å². The van der Waals surface area contributed by atoms with Crippen LogP contribution in [0.2, 0.25) is 0 Å². The van der Waals surface area contributed by atoms with Gasteiger partial charge in [-0.1, -0.05) is 37.3 Å². The average Bonchev–Trinajstić information content (AvgIpc) is 2.74. The number of carbonyl (C=O) groups is 3. The van der Waals surface area contributed by atoms with E-state index in [1.54, 1.807) is 21.0 Å². The monoisotopic (exact) mass is 429 g/mol. The third-order valence-electron chi connectivity index (χ3n) is 4.60. The summed E-state index contributed by atoms with van der Waals surface area (Å²) >= 11 is 0. The van der Waals surface area contributed by atoms with E-state index in [0.29, 0.717) is 0 Å². The van der Waals surface area contributed by atoms with Gasteiger partial charge in [-0.2, -0.15) is 0 Å². The van der Waals surface area contributed by atoms with Crippen molar-refractivity contribution in [3.05, 3.63) is 53.9 Å². The van der Waals surface area contributed by atoms with Crippen molar-refractivity contribution in [1.82, 2.24) is 4.98 Å². The number of aromatic nitrogens is 1. The number of hydrogen-bond acceptors (Lipinski definition) is 8. The van der Waals surface area contributed by atoms with E-state index in [9.17, 15) is 14.4 Å². The molecule has 0 aliphatic heterocycles. The maximum Gasteiger partial charge on any atom is 0.309 e. The zero-order chi connectivity index (χ0) is 23.0. The summed E-state index contributed by atoms with van der Waals surface area (Å²) in [6, 6.07) is 10.9. The SMILES string of the molecule is COc1ccnc(C(=O)C[C@@H](C)C(=O)O[C@@H](C)[C@H](OC)c2ccccc2)c1OC(C)=O. The van der Waals surface area contributed by atoms with Crippen LogP contribution in [0, 0.1) is 5.92 Å². The quantitative estimate of drug-likeness (QED) is 0.418. The lowest BCUT2D eigenvalue weighted by atomic mass is 10.0. The molecular weight excluding hydrogens is 402 g/mol. The first-order valence-corrected chi connectivity index (χ1v) is 9.81. The average molecular weight is 429 g/mol. The zero-order valence-corrected chi connectivity index (χ0v) is 18.3. The number of esters is 2. The normalized spacial score (nSPS) is 13.6. The summed E-state index contributed by atoms with van der Waals surface area (Å²) in [4.78, 5) is 40.8. The molecule has 0 N–H and O–H groups in total. The number of hydrogen-bond donors (Lipinski definition) is 0. The van der Waals surface area contributed by atoms with Crippen LogP contribution >= 0.6 is 0 Å². The van der Waals surface area contributed by atoms with Crippen LogP contribution in [-0.4, -0.2) is 43.0 Å². The first kappa shape index (κ1) is 24.0. The standard InChI is InChI=1S/C23H27NO7/c1-14(23(27)30-15(2)21(29-5)17-9-7-6-8-10-17)13-18(26)20-22(31-16(3)25)19(28-4)11-12-24-20/h6-12,14-15,21H,13H2,1-5H3/t14-,15+,21+/m1/s1. The fourth-order valence-electron chi connectivity index (χ4n) is 3.09. The molecule has 0 spiro atoms. The van der Waals surface area contributed by atoms with E-state index in [4.69, 9.17) is 18.9 Å². The van der Waals surface area contributed by atoms with Gasteiger partial charge >= 0.3 is 11.9 Å². The van der Waals surface area contributed by atoms with E-state index in [1.807, 2.05) is 30.3 Å². The predicted molar refractivity (Wildman–Crippen MR) is 112 cm³/mol. The zero-order valence-electron chi connectivity index (χ0n) is 18.3. The summed E-state index contributed by atoms with van der Waals surface area (Å²) < 4.78 is 21.3. The molecule has 1 aromatic heterocycles. The van der Waals surface area contributed by atoms with E-state index >= 15 is 0 Å². The summed E-state index contributed by atoms with van der Waals surface area (Å²) in [5.41, 5.74) is 0.793. The van der Waals surface area contributed by atoms with Gasteiger partial charge in [-0.05, 0) is 12.5 Å². The lowest BCUT2D eigenvalue weighted by molar-refractivity contribution is -0.159. The van der Waals surface area contributed by atoms with Crippen molar-refractivity contribution in [2.24, 2.45) is 5.92 Å². The van der Waals surface area contributed by atoms with Gasteiger partial charge in [0, 0.05) is 32.7 Å². The van der Waals surface area contributed by atoms with E-state index < -0.39 is 35.8 Å². The molecule has 0 fully saturated rings. The molecule has 1 aromatic carbocycles. The molecule has 1 heterocycles. The van der Waals surface area contributed by atoms with Crippen LogP contribution < -0.4 is 9.47 Å². The molecule has 0 saturated carbocycles. The third-order valence-corrected chi connectivity index (χ3v) is 4.60. The molecule has 3 atom stereocenters. The van der Waals surface area contributed by atoms with Crippen LogP contribution in [0.25, 0.3) is 0 Å². The van der Waals surface area contributed by atoms with Crippen molar-refractivity contribution >= 4 is 17.7 Å². The number of pyridine rings is 1. The van der Waals surface area contributed by atoms with Gasteiger partial charge in [-0.15, -0.1) is 0 Å². The number of Topliss-reactive ketones (excluding diaryl/α,β-unsaturated/α-hetero) is 1. The van der Waals surface area contributed by atoms with E-state index in [1.165, 1.54) is 26.3 Å². The summed E-state index contributed by atoms with van der Waals surface area (Å²) in [7, 11) is 2.93. The summed E-state index contributed by atoms with van der Waals surface area (Å²) in [5, 5.41) is 0. The largest absolute Gasteiger partial charge is 0.493 e. The minimum atomic E-state index is -0.749. The molecule has 2 aromatic rings. The second kappa shape index (κ2) is 11.2. The van der Waals surface area contributed by atoms with Gasteiger partial charge in [-0.25, -0.2) is 4.98 Å². The molecule has 0 amide bonds. The first-order chi connectivity index (χ1) is 14.8. The lowest BCUT2D eigenvalue weighted by Gasteiger charge is -2.24. The Hall–Kier alpha value is -3.26. The van der Waals surface area contributed by atoms with Crippen LogP contribution in [0.5, 0.6) is 11.5 Å². The molecule has 0 unspecified atom stereocenters. The summed E-state index contributed by atoms with van der Waals surface area (Å²) in [6.07, 6.45) is 0.184. The van der Waals surface area contributed by atoms with Gasteiger partial charge in [0.15, 0.2) is 17.2 Å². The highest BCUT2D eigenvalue weighted by Gasteiger charge is 2.28. The fourth-order valence-corrected chi connectivity index (χ4v) is 3.09. The minimum absolute atomic E-state index is 0.0695. The number of nitrogens with zero attached hydrogens (tertiary/aromatic N) is 1. The molecule has 166 valence electrons. The van der Waals surface area contributed by atoms with Crippen LogP contribution in [0.4, 0.5) is 0 Å². The molecule has 0 bridgehead atoms. The van der Waals surface area contributed by atoms with Gasteiger partial charge in [0.25, 0.3) is 0 Å². The molecule has 2 rings (SSSR count). The van der Waals surface area contributed by atoms with Gasteiger partial charge in [0.2, 0.25) is 5.75 Å². The highest BCUT2D eigenvalue weighted by atomic mass is 16.6. The maximum absolute atomic E-state index is 12.8. The van der Waals surface area contributed by atoms with E-state index in [0.717, 1.165) is 5.56 Å². The van der Waals surface area contributed by atoms with Gasteiger partial charge in [-0.3, -0.25) is 14.4 Å². The van der Waals surface area contributed by atoms with Crippen molar-refractivity contribution < 1.29 is 33.3 Å². The molecule has 31 heavy (non-hydrogen) atoms. The Morgan fingerprint density at radius 3 is 2.29 bits per heavy atom. The Labute approximate surface area is 181 Å². The minimum Gasteiger partial charge on any atom is -0.493 e. The number of carbonyl (C=O) groups excluding carboxylic acids is 3. The molecule has 0 saturated heterocycles. The number of ether oxygens (including phenoxy) is 4. The Bertz CT molecular complexity index is 913. The third kappa shape index (κ3) is 6.36. The summed E-state index contributed by atoms with van der Waals surface area (Å²) in [6.45, 7) is 4.53. The maximum atomic E-state index is 12.8. The fraction of sp³-hybridized carbons (Fsp3) is 0.391. The van der Waals surface area contributed by atoms with Crippen LogP contribution in [0.1, 0.15) is 49.3 Å². The molecule has 8 heteroatoms. The Morgan fingerprint density at radius 2 is 1.71 bits per heavy atom. The van der Waals surface area contributed by atoms with Crippen LogP contribution in [-0.2, 0) is 19.1 Å².